The topological polar surface area (TPSA) is 76.1 Å². The molecule has 1 amide bonds. The van der Waals surface area contributed by atoms with Crippen LogP contribution in [-0.4, -0.2) is 25.1 Å². The first-order valence-electron chi connectivity index (χ1n) is 9.66. The second kappa shape index (κ2) is 9.24. The van der Waals surface area contributed by atoms with Gasteiger partial charge in [-0.2, -0.15) is 0 Å². The fourth-order valence-corrected chi connectivity index (χ4v) is 5.47. The third-order valence-electron chi connectivity index (χ3n) is 4.54. The number of carbonyl (C=O) groups is 1. The molecule has 0 saturated heterocycles. The van der Waals surface area contributed by atoms with Crippen molar-refractivity contribution in [2.75, 3.05) is 11.1 Å². The van der Waals surface area contributed by atoms with E-state index in [9.17, 15) is 13.2 Å². The lowest BCUT2D eigenvalue weighted by atomic mass is 10.1. The van der Waals surface area contributed by atoms with Crippen molar-refractivity contribution in [1.29, 1.82) is 0 Å². The summed E-state index contributed by atoms with van der Waals surface area (Å²) in [6.07, 6.45) is 0. The van der Waals surface area contributed by atoms with Crippen LogP contribution in [0.2, 0.25) is 0 Å². The van der Waals surface area contributed by atoms with Gasteiger partial charge in [0.15, 0.2) is 15.0 Å². The van der Waals surface area contributed by atoms with Gasteiger partial charge in [-0.1, -0.05) is 102 Å². The van der Waals surface area contributed by atoms with Crippen LogP contribution in [0.25, 0.3) is 21.7 Å². The monoisotopic (exact) mass is 448 g/mol. The van der Waals surface area contributed by atoms with E-state index in [-0.39, 0.29) is 5.75 Å². The molecular formula is C24H20N2O3S2. The average Bonchev–Trinajstić information content (AvgIpc) is 3.18. The number of carbonyl (C=O) groups excluding carboxylic acids is 1. The fourth-order valence-electron chi connectivity index (χ4n) is 3.18. The highest BCUT2D eigenvalue weighted by Crippen LogP contribution is 2.38. The predicted molar refractivity (Wildman–Crippen MR) is 126 cm³/mol. The second-order valence-electron chi connectivity index (χ2n) is 6.99. The summed E-state index contributed by atoms with van der Waals surface area (Å²) in [5, 5.41) is 3.05. The van der Waals surface area contributed by atoms with Crippen molar-refractivity contribution in [3.8, 4) is 21.7 Å². The van der Waals surface area contributed by atoms with Crippen molar-refractivity contribution in [1.82, 2.24) is 4.98 Å². The molecule has 0 fully saturated rings. The first-order valence-corrected chi connectivity index (χ1v) is 12.3. The Morgan fingerprint density at radius 2 is 1.35 bits per heavy atom. The number of thiazole rings is 1. The van der Waals surface area contributed by atoms with Crippen LogP contribution < -0.4 is 5.32 Å². The van der Waals surface area contributed by atoms with Crippen LogP contribution in [0.4, 0.5) is 5.13 Å². The molecule has 4 rings (SSSR count). The third kappa shape index (κ3) is 5.45. The Balaban J connectivity index is 1.56. The highest BCUT2D eigenvalue weighted by atomic mass is 32.2. The van der Waals surface area contributed by atoms with Crippen LogP contribution in [0, 0.1) is 0 Å². The summed E-state index contributed by atoms with van der Waals surface area (Å²) >= 11 is 1.33. The summed E-state index contributed by atoms with van der Waals surface area (Å²) in [6, 6.07) is 28.3. The van der Waals surface area contributed by atoms with E-state index in [1.807, 2.05) is 66.7 Å². The summed E-state index contributed by atoms with van der Waals surface area (Å²) in [5.74, 6) is -1.36. The Labute approximate surface area is 185 Å². The maximum atomic E-state index is 12.5. The Hall–Kier alpha value is -3.29. The minimum absolute atomic E-state index is 0.177. The van der Waals surface area contributed by atoms with E-state index in [0.717, 1.165) is 21.7 Å². The normalized spacial score (nSPS) is 11.2. The molecule has 0 aliphatic heterocycles. The van der Waals surface area contributed by atoms with Gasteiger partial charge in [0.1, 0.15) is 5.75 Å². The molecule has 0 saturated carbocycles. The molecule has 7 heteroatoms. The van der Waals surface area contributed by atoms with Gasteiger partial charge in [-0.15, -0.1) is 0 Å². The standard InChI is InChI=1S/C24H20N2O3S2/c27-21(17-31(28,29)16-18-10-4-1-5-11-18)25-24-26-22(19-12-6-2-7-13-19)23(30-24)20-14-8-3-9-15-20/h1-15H,16-17H2,(H,25,26,27). The van der Waals surface area contributed by atoms with E-state index in [4.69, 9.17) is 0 Å². The number of amides is 1. The van der Waals surface area contributed by atoms with E-state index in [1.54, 1.807) is 24.3 Å². The van der Waals surface area contributed by atoms with Crippen molar-refractivity contribution >= 4 is 32.2 Å². The molecule has 0 radical (unpaired) electrons. The van der Waals surface area contributed by atoms with Gasteiger partial charge >= 0.3 is 0 Å². The van der Waals surface area contributed by atoms with Crippen molar-refractivity contribution in [3.05, 3.63) is 96.6 Å². The summed E-state index contributed by atoms with van der Waals surface area (Å²) < 4.78 is 24.9. The van der Waals surface area contributed by atoms with Gasteiger partial charge in [-0.25, -0.2) is 13.4 Å². The first-order chi connectivity index (χ1) is 15.0. The van der Waals surface area contributed by atoms with Crippen LogP contribution in [0.5, 0.6) is 0 Å². The molecule has 4 aromatic rings. The van der Waals surface area contributed by atoms with Gasteiger partial charge in [0.25, 0.3) is 0 Å². The summed E-state index contributed by atoms with van der Waals surface area (Å²) in [4.78, 5) is 18.0. The Morgan fingerprint density at radius 3 is 1.97 bits per heavy atom. The lowest BCUT2D eigenvalue weighted by molar-refractivity contribution is -0.113. The smallest absolute Gasteiger partial charge is 0.241 e. The van der Waals surface area contributed by atoms with E-state index in [1.165, 1.54) is 11.3 Å². The predicted octanol–water partition coefficient (Wildman–Crippen LogP) is 5.03. The second-order valence-corrected chi connectivity index (χ2v) is 10.1. The summed E-state index contributed by atoms with van der Waals surface area (Å²) in [6.45, 7) is 0. The number of hydrogen-bond donors (Lipinski definition) is 1. The fraction of sp³-hybridized carbons (Fsp3) is 0.0833. The van der Waals surface area contributed by atoms with E-state index in [0.29, 0.717) is 10.7 Å². The average molecular weight is 449 g/mol. The van der Waals surface area contributed by atoms with Gasteiger partial charge in [-0.05, 0) is 11.1 Å². The lowest BCUT2D eigenvalue weighted by Gasteiger charge is -2.04. The quantitative estimate of drug-likeness (QED) is 0.430. The van der Waals surface area contributed by atoms with Gasteiger partial charge in [0.2, 0.25) is 5.91 Å². The molecule has 0 unspecified atom stereocenters. The third-order valence-corrected chi connectivity index (χ3v) is 7.03. The van der Waals surface area contributed by atoms with Gasteiger partial charge < -0.3 is 5.32 Å². The van der Waals surface area contributed by atoms with Gasteiger partial charge in [0.05, 0.1) is 16.3 Å². The molecule has 1 aromatic heterocycles. The number of nitrogens with zero attached hydrogens (tertiary/aromatic N) is 1. The van der Waals surface area contributed by atoms with Crippen LogP contribution in [0.3, 0.4) is 0 Å². The molecule has 5 nitrogen and oxygen atoms in total. The number of sulfone groups is 1. The Morgan fingerprint density at radius 1 is 0.806 bits per heavy atom. The Kier molecular flexibility index (Phi) is 6.25. The molecule has 156 valence electrons. The van der Waals surface area contributed by atoms with E-state index < -0.39 is 21.5 Å². The largest absolute Gasteiger partial charge is 0.301 e. The number of aromatic nitrogens is 1. The molecule has 0 aliphatic rings. The van der Waals surface area contributed by atoms with E-state index >= 15 is 0 Å². The number of hydrogen-bond acceptors (Lipinski definition) is 5. The first kappa shape index (κ1) is 21.0. The van der Waals surface area contributed by atoms with Gasteiger partial charge in [0, 0.05) is 5.56 Å². The summed E-state index contributed by atoms with van der Waals surface area (Å²) in [5.41, 5.74) is 3.31. The summed E-state index contributed by atoms with van der Waals surface area (Å²) in [7, 11) is -3.60. The zero-order valence-corrected chi connectivity index (χ0v) is 18.2. The minimum atomic E-state index is -3.60. The zero-order chi connectivity index (χ0) is 21.7. The lowest BCUT2D eigenvalue weighted by Crippen LogP contribution is -2.23. The molecule has 1 heterocycles. The van der Waals surface area contributed by atoms with Crippen LogP contribution in [-0.2, 0) is 20.4 Å². The number of rotatable bonds is 7. The SMILES string of the molecule is O=C(CS(=O)(=O)Cc1ccccc1)Nc1nc(-c2ccccc2)c(-c2ccccc2)s1. The molecule has 0 aliphatic carbocycles. The maximum absolute atomic E-state index is 12.5. The Bertz CT molecular complexity index is 1210. The van der Waals surface area contributed by atoms with Gasteiger partial charge in [-0.3, -0.25) is 4.79 Å². The molecular weight excluding hydrogens is 428 g/mol. The number of benzene rings is 3. The van der Waals surface area contributed by atoms with Crippen molar-refractivity contribution < 1.29 is 13.2 Å². The van der Waals surface area contributed by atoms with Crippen molar-refractivity contribution in [2.24, 2.45) is 0 Å². The zero-order valence-electron chi connectivity index (χ0n) is 16.6. The maximum Gasteiger partial charge on any atom is 0.241 e. The van der Waals surface area contributed by atoms with E-state index in [2.05, 4.69) is 10.3 Å². The molecule has 0 spiro atoms. The van der Waals surface area contributed by atoms with Crippen LogP contribution in [0.15, 0.2) is 91.0 Å². The molecule has 1 N–H and O–H groups in total. The minimum Gasteiger partial charge on any atom is -0.301 e. The van der Waals surface area contributed by atoms with Crippen molar-refractivity contribution in [2.45, 2.75) is 5.75 Å². The van der Waals surface area contributed by atoms with Crippen molar-refractivity contribution in [3.63, 3.8) is 0 Å². The molecule has 0 bridgehead atoms. The molecule has 0 atom stereocenters. The molecule has 3 aromatic carbocycles. The number of nitrogens with one attached hydrogen (secondary N) is 1. The van der Waals surface area contributed by atoms with Crippen LogP contribution in [0.1, 0.15) is 5.56 Å². The van der Waals surface area contributed by atoms with Crippen LogP contribution >= 0.6 is 11.3 Å². The number of anilines is 1. The molecule has 31 heavy (non-hydrogen) atoms. The highest BCUT2D eigenvalue weighted by Gasteiger charge is 2.20. The highest BCUT2D eigenvalue weighted by molar-refractivity contribution is 7.91.